The van der Waals surface area contributed by atoms with E-state index in [1.165, 1.54) is 25.7 Å². The van der Waals surface area contributed by atoms with E-state index in [0.717, 1.165) is 37.6 Å². The average molecular weight is 394 g/mol. The van der Waals surface area contributed by atoms with E-state index >= 15 is 0 Å². The Kier molecular flexibility index (Phi) is 7.58. The van der Waals surface area contributed by atoms with Crippen LogP contribution in [0.15, 0.2) is 4.99 Å². The normalized spacial score (nSPS) is 22.6. The van der Waals surface area contributed by atoms with E-state index in [9.17, 15) is 0 Å². The summed E-state index contributed by atoms with van der Waals surface area (Å²) in [6.45, 7) is 7.93. The van der Waals surface area contributed by atoms with Crippen molar-refractivity contribution in [3.8, 4) is 0 Å². The highest BCUT2D eigenvalue weighted by molar-refractivity contribution is 14.0. The minimum Gasteiger partial charge on any atom is -0.355 e. The van der Waals surface area contributed by atoms with Crippen molar-refractivity contribution in [2.24, 2.45) is 10.9 Å². The van der Waals surface area contributed by atoms with E-state index < -0.39 is 0 Å². The number of hydrogen-bond acceptors (Lipinski definition) is 2. The van der Waals surface area contributed by atoms with Crippen LogP contribution in [0.25, 0.3) is 0 Å². The van der Waals surface area contributed by atoms with Gasteiger partial charge in [-0.2, -0.15) is 0 Å². The van der Waals surface area contributed by atoms with E-state index in [0.29, 0.717) is 6.04 Å². The van der Waals surface area contributed by atoms with E-state index in [1.54, 1.807) is 0 Å². The molecular formula is C15H31IN4. The summed E-state index contributed by atoms with van der Waals surface area (Å²) in [6.07, 6.45) is 5.33. The molecule has 1 unspecified atom stereocenters. The lowest BCUT2D eigenvalue weighted by atomic mass is 10.00. The van der Waals surface area contributed by atoms with Gasteiger partial charge in [0.25, 0.3) is 0 Å². The number of nitrogens with zero attached hydrogens (tertiary/aromatic N) is 3. The number of piperidine rings is 1. The van der Waals surface area contributed by atoms with Crippen LogP contribution in [0.5, 0.6) is 0 Å². The lowest BCUT2D eigenvalue weighted by Gasteiger charge is -2.34. The molecule has 1 N–H and O–H groups in total. The van der Waals surface area contributed by atoms with Crippen molar-refractivity contribution in [3.05, 3.63) is 0 Å². The molecule has 1 atom stereocenters. The molecule has 2 rings (SSSR count). The standard InChI is InChI=1S/C15H30N4.HI/c1-12-7-9-19(10-8-12)15(16-3)17-11-13(2)18(4)14-5-6-14;/h12-14H,5-11H2,1-4H3,(H,16,17);1H. The van der Waals surface area contributed by atoms with E-state index in [1.807, 2.05) is 7.05 Å². The van der Waals surface area contributed by atoms with Gasteiger partial charge in [0.2, 0.25) is 0 Å². The molecule has 0 amide bonds. The number of nitrogens with one attached hydrogen (secondary N) is 1. The lowest BCUT2D eigenvalue weighted by Crippen LogP contribution is -2.49. The number of likely N-dealkylation sites (N-methyl/N-ethyl adjacent to an activating group) is 1. The van der Waals surface area contributed by atoms with Gasteiger partial charge in [-0.1, -0.05) is 6.92 Å². The molecule has 1 aliphatic carbocycles. The zero-order valence-electron chi connectivity index (χ0n) is 13.4. The van der Waals surface area contributed by atoms with Crippen LogP contribution >= 0.6 is 24.0 Å². The Balaban J connectivity index is 0.00000200. The summed E-state index contributed by atoms with van der Waals surface area (Å²) in [7, 11) is 4.14. The Labute approximate surface area is 141 Å². The first kappa shape index (κ1) is 18.0. The van der Waals surface area contributed by atoms with Crippen molar-refractivity contribution in [1.82, 2.24) is 15.1 Å². The van der Waals surface area contributed by atoms with Gasteiger partial charge in [-0.25, -0.2) is 0 Å². The van der Waals surface area contributed by atoms with Gasteiger partial charge in [0.05, 0.1) is 0 Å². The van der Waals surface area contributed by atoms with Crippen molar-refractivity contribution >= 4 is 29.9 Å². The Morgan fingerprint density at radius 3 is 2.40 bits per heavy atom. The minimum absolute atomic E-state index is 0. The third kappa shape index (κ3) is 5.06. The Morgan fingerprint density at radius 2 is 1.90 bits per heavy atom. The molecule has 2 fully saturated rings. The number of likely N-dealkylation sites (tertiary alicyclic amines) is 1. The number of guanidine groups is 1. The monoisotopic (exact) mass is 394 g/mol. The van der Waals surface area contributed by atoms with Crippen LogP contribution in [0, 0.1) is 5.92 Å². The third-order valence-electron chi connectivity index (χ3n) is 4.67. The largest absolute Gasteiger partial charge is 0.355 e. The van der Waals surface area contributed by atoms with Gasteiger partial charge >= 0.3 is 0 Å². The molecule has 1 saturated heterocycles. The van der Waals surface area contributed by atoms with Gasteiger partial charge in [-0.3, -0.25) is 9.89 Å². The molecule has 118 valence electrons. The topological polar surface area (TPSA) is 30.9 Å². The average Bonchev–Trinajstić information content (AvgIpc) is 3.24. The van der Waals surface area contributed by atoms with E-state index in [4.69, 9.17) is 0 Å². The van der Waals surface area contributed by atoms with Crippen LogP contribution in [-0.2, 0) is 0 Å². The third-order valence-corrected chi connectivity index (χ3v) is 4.67. The quantitative estimate of drug-likeness (QED) is 0.451. The van der Waals surface area contributed by atoms with Crippen molar-refractivity contribution in [3.63, 3.8) is 0 Å². The summed E-state index contributed by atoms with van der Waals surface area (Å²) >= 11 is 0. The molecule has 0 bridgehead atoms. The van der Waals surface area contributed by atoms with Crippen molar-refractivity contribution in [2.75, 3.05) is 33.7 Å². The fourth-order valence-corrected chi connectivity index (χ4v) is 2.78. The predicted molar refractivity (Wildman–Crippen MR) is 97.0 cm³/mol. The van der Waals surface area contributed by atoms with E-state index in [-0.39, 0.29) is 24.0 Å². The molecule has 2 aliphatic rings. The first-order valence-electron chi connectivity index (χ1n) is 7.79. The summed E-state index contributed by atoms with van der Waals surface area (Å²) in [5, 5.41) is 3.55. The van der Waals surface area contributed by atoms with Crippen LogP contribution in [0.2, 0.25) is 0 Å². The first-order valence-corrected chi connectivity index (χ1v) is 7.79. The van der Waals surface area contributed by atoms with Gasteiger partial charge in [0, 0.05) is 38.8 Å². The summed E-state index contributed by atoms with van der Waals surface area (Å²) in [5.41, 5.74) is 0. The number of aliphatic imine (C=N–C) groups is 1. The Bertz CT molecular complexity index is 309. The molecule has 1 saturated carbocycles. The van der Waals surface area contributed by atoms with Gasteiger partial charge in [0.15, 0.2) is 5.96 Å². The molecule has 0 spiro atoms. The van der Waals surface area contributed by atoms with Gasteiger partial charge in [-0.05, 0) is 45.6 Å². The minimum atomic E-state index is 0. The molecule has 1 aliphatic heterocycles. The molecule has 0 aromatic carbocycles. The molecule has 4 nitrogen and oxygen atoms in total. The molecule has 0 aromatic heterocycles. The fourth-order valence-electron chi connectivity index (χ4n) is 2.78. The van der Waals surface area contributed by atoms with Crippen molar-refractivity contribution in [2.45, 2.75) is 51.6 Å². The van der Waals surface area contributed by atoms with Crippen molar-refractivity contribution < 1.29 is 0 Å². The second-order valence-electron chi connectivity index (χ2n) is 6.34. The lowest BCUT2D eigenvalue weighted by molar-refractivity contribution is 0.240. The highest BCUT2D eigenvalue weighted by Gasteiger charge is 2.29. The molecule has 0 radical (unpaired) electrons. The van der Waals surface area contributed by atoms with Crippen LogP contribution in [0.3, 0.4) is 0 Å². The maximum absolute atomic E-state index is 4.44. The SMILES string of the molecule is CN=C(NCC(C)N(C)C1CC1)N1CCC(C)CC1.I. The molecule has 0 aromatic rings. The van der Waals surface area contributed by atoms with Crippen LogP contribution < -0.4 is 5.32 Å². The van der Waals surface area contributed by atoms with E-state index in [2.05, 4.69) is 41.0 Å². The van der Waals surface area contributed by atoms with Crippen LogP contribution in [0.1, 0.15) is 39.5 Å². The zero-order valence-corrected chi connectivity index (χ0v) is 15.8. The predicted octanol–water partition coefficient (Wildman–Crippen LogP) is 2.39. The summed E-state index contributed by atoms with van der Waals surface area (Å²) in [4.78, 5) is 9.35. The maximum Gasteiger partial charge on any atom is 0.193 e. The maximum atomic E-state index is 4.44. The highest BCUT2D eigenvalue weighted by Crippen LogP contribution is 2.26. The second kappa shape index (κ2) is 8.41. The summed E-state index contributed by atoms with van der Waals surface area (Å²) in [5.74, 6) is 1.96. The zero-order chi connectivity index (χ0) is 13.8. The second-order valence-corrected chi connectivity index (χ2v) is 6.34. The fraction of sp³-hybridized carbons (Fsp3) is 0.933. The number of halogens is 1. The van der Waals surface area contributed by atoms with Gasteiger partial charge in [0.1, 0.15) is 0 Å². The summed E-state index contributed by atoms with van der Waals surface area (Å²) < 4.78 is 0. The van der Waals surface area contributed by atoms with Gasteiger partial charge in [-0.15, -0.1) is 24.0 Å². The smallest absolute Gasteiger partial charge is 0.193 e. The van der Waals surface area contributed by atoms with Crippen LogP contribution in [-0.4, -0.2) is 61.6 Å². The molecule has 20 heavy (non-hydrogen) atoms. The first-order chi connectivity index (χ1) is 9.11. The van der Waals surface area contributed by atoms with Crippen LogP contribution in [0.4, 0.5) is 0 Å². The molecule has 5 heteroatoms. The highest BCUT2D eigenvalue weighted by atomic mass is 127. The molecular weight excluding hydrogens is 363 g/mol. The Hall–Kier alpha value is -0.0400. The number of hydrogen-bond donors (Lipinski definition) is 1. The van der Waals surface area contributed by atoms with Crippen molar-refractivity contribution in [1.29, 1.82) is 0 Å². The van der Waals surface area contributed by atoms with Gasteiger partial charge < -0.3 is 10.2 Å². The molecule has 1 heterocycles. The number of rotatable bonds is 4. The summed E-state index contributed by atoms with van der Waals surface area (Å²) in [6, 6.07) is 1.41. The Morgan fingerprint density at radius 1 is 1.30 bits per heavy atom.